The van der Waals surface area contributed by atoms with Gasteiger partial charge in [-0.15, -0.1) is 0 Å². The van der Waals surface area contributed by atoms with Gasteiger partial charge in [0.05, 0.1) is 5.52 Å². The van der Waals surface area contributed by atoms with Crippen molar-refractivity contribution >= 4 is 38.5 Å². The van der Waals surface area contributed by atoms with Crippen LogP contribution < -0.4 is 10.6 Å². The van der Waals surface area contributed by atoms with Crippen molar-refractivity contribution in [3.8, 4) is 0 Å². The average molecular weight is 344 g/mol. The molecule has 2 aromatic heterocycles. The van der Waals surface area contributed by atoms with Crippen LogP contribution in [0.15, 0.2) is 47.3 Å². The number of benzene rings is 1. The van der Waals surface area contributed by atoms with Gasteiger partial charge in [0.15, 0.2) is 0 Å². The van der Waals surface area contributed by atoms with Crippen LogP contribution in [0.1, 0.15) is 5.56 Å². The number of aromatic nitrogens is 3. The summed E-state index contributed by atoms with van der Waals surface area (Å²) in [6.45, 7) is 0.646. The number of hydrogen-bond donors (Lipinski definition) is 2. The van der Waals surface area contributed by atoms with Crippen molar-refractivity contribution in [3.05, 3.63) is 52.9 Å². The van der Waals surface area contributed by atoms with Crippen LogP contribution in [0.3, 0.4) is 0 Å². The molecule has 1 aromatic carbocycles. The summed E-state index contributed by atoms with van der Waals surface area (Å²) in [6, 6.07) is 10.2. The Hall–Kier alpha value is -2.21. The van der Waals surface area contributed by atoms with E-state index < -0.39 is 0 Å². The second kappa shape index (κ2) is 6.05. The number of rotatable bonds is 4. The van der Waals surface area contributed by atoms with Crippen LogP contribution in [-0.2, 0) is 6.54 Å². The van der Waals surface area contributed by atoms with E-state index in [2.05, 4.69) is 59.7 Å². The summed E-state index contributed by atoms with van der Waals surface area (Å²) in [5.74, 6) is 1.51. The third-order valence-corrected chi connectivity index (χ3v) is 3.94. The van der Waals surface area contributed by atoms with Crippen molar-refractivity contribution < 1.29 is 0 Å². The smallest absolute Gasteiger partial charge is 0.146 e. The largest absolute Gasteiger partial charge is 0.372 e. The molecule has 3 aromatic rings. The minimum absolute atomic E-state index is 0.646. The summed E-state index contributed by atoms with van der Waals surface area (Å²) >= 11 is 3.50. The first-order valence-electron chi connectivity index (χ1n) is 6.54. The van der Waals surface area contributed by atoms with Gasteiger partial charge in [-0.1, -0.05) is 24.3 Å². The first kappa shape index (κ1) is 13.8. The Balaban J connectivity index is 1.87. The highest BCUT2D eigenvalue weighted by molar-refractivity contribution is 9.10. The van der Waals surface area contributed by atoms with Gasteiger partial charge in [0.1, 0.15) is 22.4 Å². The molecule has 0 aliphatic heterocycles. The van der Waals surface area contributed by atoms with E-state index >= 15 is 0 Å². The molecule has 6 heteroatoms. The van der Waals surface area contributed by atoms with Gasteiger partial charge in [-0.05, 0) is 27.6 Å². The van der Waals surface area contributed by atoms with Crippen molar-refractivity contribution in [2.45, 2.75) is 6.54 Å². The maximum Gasteiger partial charge on any atom is 0.146 e. The van der Waals surface area contributed by atoms with Crippen molar-refractivity contribution in [1.82, 2.24) is 15.0 Å². The molecule has 0 radical (unpaired) electrons. The summed E-state index contributed by atoms with van der Waals surface area (Å²) in [7, 11) is 1.82. The monoisotopic (exact) mass is 343 g/mol. The molecule has 5 nitrogen and oxygen atoms in total. The predicted octanol–water partition coefficient (Wildman–Crippen LogP) is 3.44. The van der Waals surface area contributed by atoms with Gasteiger partial charge in [0.25, 0.3) is 0 Å². The maximum absolute atomic E-state index is 4.45. The molecule has 0 atom stereocenters. The number of anilines is 2. The molecule has 0 aliphatic carbocycles. The first-order valence-corrected chi connectivity index (χ1v) is 7.33. The molecule has 0 amide bonds. The minimum atomic E-state index is 0.646. The lowest BCUT2D eigenvalue weighted by Gasteiger charge is -2.11. The molecule has 2 heterocycles. The Bertz CT molecular complexity index is 770. The fourth-order valence-corrected chi connectivity index (χ4v) is 2.70. The molecule has 2 N–H and O–H groups in total. The highest BCUT2D eigenvalue weighted by atomic mass is 79.9. The Kier molecular flexibility index (Phi) is 3.96. The highest BCUT2D eigenvalue weighted by Crippen LogP contribution is 2.26. The van der Waals surface area contributed by atoms with Crippen LogP contribution in [0.5, 0.6) is 0 Å². The lowest BCUT2D eigenvalue weighted by atomic mass is 10.1. The van der Waals surface area contributed by atoms with Gasteiger partial charge < -0.3 is 10.6 Å². The third kappa shape index (κ3) is 2.80. The second-order valence-corrected chi connectivity index (χ2v) is 5.27. The van der Waals surface area contributed by atoms with Crippen LogP contribution in [0.25, 0.3) is 10.9 Å². The van der Waals surface area contributed by atoms with Gasteiger partial charge in [0, 0.05) is 25.2 Å². The summed E-state index contributed by atoms with van der Waals surface area (Å²) in [5.41, 5.74) is 2.14. The minimum Gasteiger partial charge on any atom is -0.372 e. The van der Waals surface area contributed by atoms with Gasteiger partial charge in [-0.25, -0.2) is 9.97 Å². The van der Waals surface area contributed by atoms with E-state index in [4.69, 9.17) is 0 Å². The number of fused-ring (bicyclic) bond motifs is 1. The SMILES string of the molecule is CNc1ncnc(NCc2cccc3cccnc23)c1Br. The Morgan fingerprint density at radius 2 is 1.86 bits per heavy atom. The molecule has 0 bridgehead atoms. The average Bonchev–Trinajstić information content (AvgIpc) is 2.54. The van der Waals surface area contributed by atoms with E-state index in [9.17, 15) is 0 Å². The Morgan fingerprint density at radius 1 is 1.05 bits per heavy atom. The van der Waals surface area contributed by atoms with E-state index in [0.717, 1.165) is 32.6 Å². The van der Waals surface area contributed by atoms with E-state index in [-0.39, 0.29) is 0 Å². The standard InChI is InChI=1S/C15H14BrN5/c1-17-14-12(16)15(21-9-20-14)19-8-11-5-2-4-10-6-3-7-18-13(10)11/h2-7,9H,8H2,1H3,(H2,17,19,20,21). The molecule has 0 saturated carbocycles. The zero-order valence-electron chi connectivity index (χ0n) is 11.5. The second-order valence-electron chi connectivity index (χ2n) is 4.48. The lowest BCUT2D eigenvalue weighted by molar-refractivity contribution is 1.07. The summed E-state index contributed by atoms with van der Waals surface area (Å²) in [5, 5.41) is 7.46. The van der Waals surface area contributed by atoms with E-state index in [1.165, 1.54) is 6.33 Å². The number of halogens is 1. The molecule has 106 valence electrons. The number of pyridine rings is 1. The zero-order chi connectivity index (χ0) is 14.7. The molecule has 0 aliphatic rings. The van der Waals surface area contributed by atoms with Crippen LogP contribution in [-0.4, -0.2) is 22.0 Å². The number of nitrogens with one attached hydrogen (secondary N) is 2. The number of nitrogens with zero attached hydrogens (tertiary/aromatic N) is 3. The Labute approximate surface area is 131 Å². The lowest BCUT2D eigenvalue weighted by Crippen LogP contribution is -2.05. The normalized spacial score (nSPS) is 10.6. The van der Waals surface area contributed by atoms with Gasteiger partial charge in [-0.3, -0.25) is 4.98 Å². The van der Waals surface area contributed by atoms with E-state index in [1.807, 2.05) is 25.4 Å². The predicted molar refractivity (Wildman–Crippen MR) is 88.3 cm³/mol. The quantitative estimate of drug-likeness (QED) is 0.759. The molecule has 21 heavy (non-hydrogen) atoms. The molecule has 0 saturated heterocycles. The van der Waals surface area contributed by atoms with Crippen LogP contribution in [0, 0.1) is 0 Å². The molecule has 3 rings (SSSR count). The molecule has 0 unspecified atom stereocenters. The van der Waals surface area contributed by atoms with E-state index in [0.29, 0.717) is 6.54 Å². The van der Waals surface area contributed by atoms with Crippen molar-refractivity contribution in [2.24, 2.45) is 0 Å². The molecular weight excluding hydrogens is 330 g/mol. The fraction of sp³-hybridized carbons (Fsp3) is 0.133. The van der Waals surface area contributed by atoms with Gasteiger partial charge in [0.2, 0.25) is 0 Å². The van der Waals surface area contributed by atoms with Crippen LogP contribution in [0.2, 0.25) is 0 Å². The fourth-order valence-electron chi connectivity index (χ4n) is 2.16. The van der Waals surface area contributed by atoms with Crippen molar-refractivity contribution in [1.29, 1.82) is 0 Å². The summed E-state index contributed by atoms with van der Waals surface area (Å²) in [6.07, 6.45) is 3.34. The zero-order valence-corrected chi connectivity index (χ0v) is 13.1. The van der Waals surface area contributed by atoms with Crippen molar-refractivity contribution in [3.63, 3.8) is 0 Å². The molecule has 0 spiro atoms. The van der Waals surface area contributed by atoms with Gasteiger partial charge in [-0.2, -0.15) is 0 Å². The topological polar surface area (TPSA) is 62.7 Å². The first-order chi connectivity index (χ1) is 10.3. The third-order valence-electron chi connectivity index (χ3n) is 3.19. The number of para-hydroxylation sites is 1. The summed E-state index contributed by atoms with van der Waals surface area (Å²) < 4.78 is 0.820. The number of hydrogen-bond acceptors (Lipinski definition) is 5. The Morgan fingerprint density at radius 3 is 2.71 bits per heavy atom. The van der Waals surface area contributed by atoms with Crippen LogP contribution >= 0.6 is 15.9 Å². The van der Waals surface area contributed by atoms with Crippen molar-refractivity contribution in [2.75, 3.05) is 17.7 Å². The molecule has 0 fully saturated rings. The maximum atomic E-state index is 4.45. The van der Waals surface area contributed by atoms with Gasteiger partial charge >= 0.3 is 0 Å². The highest BCUT2D eigenvalue weighted by Gasteiger charge is 2.08. The van der Waals surface area contributed by atoms with Crippen LogP contribution in [0.4, 0.5) is 11.6 Å². The molecular formula is C15H14BrN5. The summed E-state index contributed by atoms with van der Waals surface area (Å²) in [4.78, 5) is 12.8. The van der Waals surface area contributed by atoms with E-state index in [1.54, 1.807) is 0 Å².